The molecule has 2 aliphatic rings. The molecule has 0 bridgehead atoms. The number of nitrogens with one attached hydrogen (secondary N) is 1. The Morgan fingerprint density at radius 2 is 2.00 bits per heavy atom. The van der Waals surface area contributed by atoms with E-state index in [0.717, 1.165) is 12.8 Å². The number of para-hydroxylation sites is 1. The van der Waals surface area contributed by atoms with E-state index in [1.54, 1.807) is 24.3 Å². The molecular formula is C14H15NO3. The predicted octanol–water partition coefficient (Wildman–Crippen LogP) is 1.59. The number of fused-ring (bicyclic) bond motifs is 1. The number of benzene rings is 1. The van der Waals surface area contributed by atoms with Crippen LogP contribution in [-0.2, 0) is 15.2 Å². The van der Waals surface area contributed by atoms with Gasteiger partial charge in [-0.15, -0.1) is 0 Å². The Hall–Kier alpha value is -1.68. The molecule has 1 saturated carbocycles. The lowest BCUT2D eigenvalue weighted by molar-refractivity contribution is -0.150. The van der Waals surface area contributed by atoms with Crippen LogP contribution in [0.5, 0.6) is 0 Å². The van der Waals surface area contributed by atoms with Crippen LogP contribution in [0.1, 0.15) is 31.2 Å². The topological polar surface area (TPSA) is 66.4 Å². The molecule has 3 rings (SSSR count). The molecule has 1 aromatic rings. The first-order valence-electron chi connectivity index (χ1n) is 6.30. The summed E-state index contributed by atoms with van der Waals surface area (Å²) in [6.07, 6.45) is 2.78. The molecule has 0 unspecified atom stereocenters. The van der Waals surface area contributed by atoms with Crippen molar-refractivity contribution in [1.29, 1.82) is 0 Å². The second kappa shape index (κ2) is 3.92. The van der Waals surface area contributed by atoms with Gasteiger partial charge in [-0.3, -0.25) is 9.59 Å². The summed E-state index contributed by atoms with van der Waals surface area (Å²) in [5, 5.41) is 13.4. The molecular weight excluding hydrogens is 230 g/mol. The summed E-state index contributed by atoms with van der Waals surface area (Å²) in [6, 6.07) is 7.04. The molecule has 1 aliphatic heterocycles. The largest absolute Gasteiger partial charge is 0.375 e. The van der Waals surface area contributed by atoms with Gasteiger partial charge in [0.05, 0.1) is 5.92 Å². The van der Waals surface area contributed by atoms with Gasteiger partial charge in [0.15, 0.2) is 5.60 Å². The van der Waals surface area contributed by atoms with Gasteiger partial charge in [0, 0.05) is 17.7 Å². The first-order chi connectivity index (χ1) is 8.64. The molecule has 1 aromatic carbocycles. The lowest BCUT2D eigenvalue weighted by Gasteiger charge is -2.32. The number of Topliss-reactive ketones (excluding diaryl/α,β-unsaturated/α-hetero) is 1. The molecule has 4 heteroatoms. The van der Waals surface area contributed by atoms with E-state index in [0.29, 0.717) is 24.1 Å². The van der Waals surface area contributed by atoms with Crippen LogP contribution in [0.2, 0.25) is 0 Å². The Balaban J connectivity index is 2.08. The molecule has 94 valence electrons. The maximum absolute atomic E-state index is 12.1. The van der Waals surface area contributed by atoms with Crippen molar-refractivity contribution in [3.05, 3.63) is 29.8 Å². The fourth-order valence-electron chi connectivity index (χ4n) is 3.04. The third kappa shape index (κ3) is 1.42. The molecule has 4 nitrogen and oxygen atoms in total. The van der Waals surface area contributed by atoms with E-state index in [2.05, 4.69) is 5.32 Å². The van der Waals surface area contributed by atoms with E-state index < -0.39 is 17.4 Å². The van der Waals surface area contributed by atoms with Crippen LogP contribution in [0.25, 0.3) is 0 Å². The minimum atomic E-state index is -1.67. The number of rotatable bonds is 1. The minimum Gasteiger partial charge on any atom is -0.375 e. The fraction of sp³-hybridized carbons (Fsp3) is 0.429. The highest BCUT2D eigenvalue weighted by molar-refractivity contribution is 6.07. The van der Waals surface area contributed by atoms with E-state index >= 15 is 0 Å². The molecule has 1 fully saturated rings. The number of ketones is 1. The number of carbonyl (C=O) groups is 2. The lowest BCUT2D eigenvalue weighted by Crippen LogP contribution is -2.46. The number of hydrogen-bond donors (Lipinski definition) is 2. The van der Waals surface area contributed by atoms with E-state index in [1.807, 2.05) is 0 Å². The third-order valence-electron chi connectivity index (χ3n) is 3.99. The van der Waals surface area contributed by atoms with Crippen LogP contribution < -0.4 is 5.32 Å². The van der Waals surface area contributed by atoms with E-state index in [-0.39, 0.29) is 5.78 Å². The maximum atomic E-state index is 12.1. The summed E-state index contributed by atoms with van der Waals surface area (Å²) in [6.45, 7) is 0. The van der Waals surface area contributed by atoms with Gasteiger partial charge in [0.1, 0.15) is 5.78 Å². The predicted molar refractivity (Wildman–Crippen MR) is 65.9 cm³/mol. The first kappa shape index (κ1) is 11.4. The fourth-order valence-corrected chi connectivity index (χ4v) is 3.04. The summed E-state index contributed by atoms with van der Waals surface area (Å²) in [5.41, 5.74) is -0.521. The van der Waals surface area contributed by atoms with E-state index in [1.165, 1.54) is 0 Å². The summed E-state index contributed by atoms with van der Waals surface area (Å²) < 4.78 is 0. The average Bonchev–Trinajstić information content (AvgIpc) is 2.63. The van der Waals surface area contributed by atoms with Gasteiger partial charge < -0.3 is 10.4 Å². The molecule has 1 heterocycles. The van der Waals surface area contributed by atoms with Crippen LogP contribution in [0.15, 0.2) is 24.3 Å². The highest BCUT2D eigenvalue weighted by Gasteiger charge is 2.53. The van der Waals surface area contributed by atoms with Crippen molar-refractivity contribution < 1.29 is 14.7 Å². The minimum absolute atomic E-state index is 0.00407. The number of anilines is 1. The zero-order chi connectivity index (χ0) is 12.8. The Kier molecular flexibility index (Phi) is 2.48. The van der Waals surface area contributed by atoms with E-state index in [9.17, 15) is 14.7 Å². The molecule has 2 N–H and O–H groups in total. The Morgan fingerprint density at radius 1 is 1.22 bits per heavy atom. The Bertz CT molecular complexity index is 526. The van der Waals surface area contributed by atoms with Crippen molar-refractivity contribution in [3.63, 3.8) is 0 Å². The quantitative estimate of drug-likeness (QED) is 0.789. The van der Waals surface area contributed by atoms with Crippen LogP contribution in [0, 0.1) is 5.92 Å². The van der Waals surface area contributed by atoms with Gasteiger partial charge in [0.2, 0.25) is 0 Å². The SMILES string of the molecule is O=C1CCCC[C@@H]1[C@@]1(O)C(=O)Nc2ccccc21. The molecule has 0 spiro atoms. The molecule has 0 radical (unpaired) electrons. The number of hydrogen-bond acceptors (Lipinski definition) is 3. The smallest absolute Gasteiger partial charge is 0.261 e. The molecule has 0 saturated heterocycles. The second-order valence-corrected chi connectivity index (χ2v) is 5.03. The van der Waals surface area contributed by atoms with Gasteiger partial charge in [-0.1, -0.05) is 24.6 Å². The van der Waals surface area contributed by atoms with Gasteiger partial charge >= 0.3 is 0 Å². The average molecular weight is 245 g/mol. The monoisotopic (exact) mass is 245 g/mol. The summed E-state index contributed by atoms with van der Waals surface area (Å²) >= 11 is 0. The number of carbonyl (C=O) groups excluding carboxylic acids is 2. The number of aliphatic hydroxyl groups is 1. The van der Waals surface area contributed by atoms with E-state index in [4.69, 9.17) is 0 Å². The van der Waals surface area contributed by atoms with Crippen LogP contribution >= 0.6 is 0 Å². The molecule has 1 aliphatic carbocycles. The van der Waals surface area contributed by atoms with Gasteiger partial charge in [-0.2, -0.15) is 0 Å². The van der Waals surface area contributed by atoms with Crippen molar-refractivity contribution in [2.75, 3.05) is 5.32 Å². The van der Waals surface area contributed by atoms with Gasteiger partial charge in [0.25, 0.3) is 5.91 Å². The van der Waals surface area contributed by atoms with Crippen molar-refractivity contribution in [1.82, 2.24) is 0 Å². The zero-order valence-electron chi connectivity index (χ0n) is 9.98. The maximum Gasteiger partial charge on any atom is 0.261 e. The van der Waals surface area contributed by atoms with Crippen LogP contribution in [0.3, 0.4) is 0 Å². The Morgan fingerprint density at radius 3 is 2.78 bits per heavy atom. The summed E-state index contributed by atoms with van der Waals surface area (Å²) in [4.78, 5) is 24.1. The van der Waals surface area contributed by atoms with Crippen LogP contribution in [-0.4, -0.2) is 16.8 Å². The van der Waals surface area contributed by atoms with Crippen molar-refractivity contribution in [2.45, 2.75) is 31.3 Å². The van der Waals surface area contributed by atoms with Crippen molar-refractivity contribution in [2.24, 2.45) is 5.92 Å². The molecule has 2 atom stereocenters. The highest BCUT2D eigenvalue weighted by atomic mass is 16.3. The van der Waals surface area contributed by atoms with Gasteiger partial charge in [-0.25, -0.2) is 0 Å². The van der Waals surface area contributed by atoms with Crippen LogP contribution in [0.4, 0.5) is 5.69 Å². The molecule has 18 heavy (non-hydrogen) atoms. The van der Waals surface area contributed by atoms with Crippen molar-refractivity contribution >= 4 is 17.4 Å². The Labute approximate surface area is 105 Å². The molecule has 1 amide bonds. The first-order valence-corrected chi connectivity index (χ1v) is 6.30. The third-order valence-corrected chi connectivity index (χ3v) is 3.99. The number of amides is 1. The van der Waals surface area contributed by atoms with Gasteiger partial charge in [-0.05, 0) is 18.9 Å². The second-order valence-electron chi connectivity index (χ2n) is 5.03. The zero-order valence-corrected chi connectivity index (χ0v) is 9.98. The normalized spacial score (nSPS) is 31.1. The standard InChI is InChI=1S/C14H15NO3/c16-12-8-4-2-6-10(12)14(18)9-5-1-3-7-11(9)15-13(14)17/h1,3,5,7,10,18H,2,4,6,8H2,(H,15,17)/t10-,14+/m0/s1. The van der Waals surface area contributed by atoms with Crippen molar-refractivity contribution in [3.8, 4) is 0 Å². The molecule has 0 aromatic heterocycles. The summed E-state index contributed by atoms with van der Waals surface area (Å²) in [7, 11) is 0. The highest BCUT2D eigenvalue weighted by Crippen LogP contribution is 2.44. The summed E-state index contributed by atoms with van der Waals surface area (Å²) in [5.74, 6) is -1.07. The lowest BCUT2D eigenvalue weighted by atomic mass is 9.73.